The fraction of sp³-hybridized carbons (Fsp3) is 0.150. The average Bonchev–Trinajstić information content (AvgIpc) is 3.21. The summed E-state index contributed by atoms with van der Waals surface area (Å²) in [6, 6.07) is 12.7. The Morgan fingerprint density at radius 2 is 1.81 bits per heavy atom. The third kappa shape index (κ3) is 4.78. The molecule has 0 fully saturated rings. The highest BCUT2D eigenvalue weighted by atomic mass is 19.1. The number of nitrogens with one attached hydrogen (secondary N) is 2. The molecule has 0 radical (unpaired) electrons. The standard InChI is InChI=1S/C20H19FN4O2/c1-14(15-4-8-18(9-5-15)25-11-10-22-13-25)24-19(26)12-23-20(27)16-2-6-17(21)7-3-16/h2-11,13-14H,12H2,1H3,(H,23,27)(H,24,26)/t14-/m0/s1. The van der Waals surface area contributed by atoms with Crippen LogP contribution >= 0.6 is 0 Å². The van der Waals surface area contributed by atoms with Crippen LogP contribution in [0.3, 0.4) is 0 Å². The number of carbonyl (C=O) groups is 2. The van der Waals surface area contributed by atoms with Crippen LogP contribution in [0.5, 0.6) is 0 Å². The van der Waals surface area contributed by atoms with Crippen molar-refractivity contribution in [2.24, 2.45) is 0 Å². The Balaban J connectivity index is 1.51. The molecular weight excluding hydrogens is 347 g/mol. The minimum absolute atomic E-state index is 0.159. The molecule has 2 aromatic carbocycles. The van der Waals surface area contributed by atoms with Gasteiger partial charge in [-0.25, -0.2) is 9.37 Å². The van der Waals surface area contributed by atoms with E-state index in [1.165, 1.54) is 24.3 Å². The van der Waals surface area contributed by atoms with E-state index in [2.05, 4.69) is 15.6 Å². The lowest BCUT2D eigenvalue weighted by Gasteiger charge is -2.15. The zero-order valence-corrected chi connectivity index (χ0v) is 14.7. The zero-order chi connectivity index (χ0) is 19.2. The molecule has 2 amide bonds. The van der Waals surface area contributed by atoms with Gasteiger partial charge in [0.15, 0.2) is 0 Å². The van der Waals surface area contributed by atoms with E-state index in [1.807, 2.05) is 42.0 Å². The summed E-state index contributed by atoms with van der Waals surface area (Å²) in [6.07, 6.45) is 5.27. The average molecular weight is 366 g/mol. The van der Waals surface area contributed by atoms with E-state index in [9.17, 15) is 14.0 Å². The zero-order valence-electron chi connectivity index (χ0n) is 14.7. The molecule has 3 aromatic rings. The van der Waals surface area contributed by atoms with E-state index in [4.69, 9.17) is 0 Å². The quantitative estimate of drug-likeness (QED) is 0.704. The van der Waals surface area contributed by atoms with Crippen LogP contribution in [0.2, 0.25) is 0 Å². The molecule has 3 rings (SSSR count). The van der Waals surface area contributed by atoms with Crippen LogP contribution in [-0.2, 0) is 4.79 Å². The molecule has 0 bridgehead atoms. The molecule has 6 nitrogen and oxygen atoms in total. The van der Waals surface area contributed by atoms with E-state index in [0.717, 1.165) is 11.3 Å². The van der Waals surface area contributed by atoms with Crippen LogP contribution in [0.4, 0.5) is 4.39 Å². The van der Waals surface area contributed by atoms with Crippen molar-refractivity contribution in [1.82, 2.24) is 20.2 Å². The number of carbonyl (C=O) groups excluding carboxylic acids is 2. The van der Waals surface area contributed by atoms with Crippen molar-refractivity contribution >= 4 is 11.8 Å². The van der Waals surface area contributed by atoms with Gasteiger partial charge in [-0.1, -0.05) is 12.1 Å². The largest absolute Gasteiger partial charge is 0.348 e. The minimum atomic E-state index is -0.428. The molecule has 0 unspecified atom stereocenters. The Kier molecular flexibility index (Phi) is 5.61. The number of hydrogen-bond acceptors (Lipinski definition) is 3. The molecule has 2 N–H and O–H groups in total. The van der Waals surface area contributed by atoms with E-state index in [0.29, 0.717) is 5.56 Å². The number of amides is 2. The van der Waals surface area contributed by atoms with Gasteiger partial charge in [-0.3, -0.25) is 9.59 Å². The summed E-state index contributed by atoms with van der Waals surface area (Å²) >= 11 is 0. The number of aromatic nitrogens is 2. The third-order valence-electron chi connectivity index (χ3n) is 4.09. The maximum atomic E-state index is 12.9. The van der Waals surface area contributed by atoms with Crippen LogP contribution in [0.1, 0.15) is 28.9 Å². The van der Waals surface area contributed by atoms with Gasteiger partial charge in [0, 0.05) is 23.6 Å². The molecular formula is C20H19FN4O2. The highest BCUT2D eigenvalue weighted by Gasteiger charge is 2.12. The second kappa shape index (κ2) is 8.27. The highest BCUT2D eigenvalue weighted by molar-refractivity contribution is 5.96. The van der Waals surface area contributed by atoms with Gasteiger partial charge in [-0.2, -0.15) is 0 Å². The van der Waals surface area contributed by atoms with Crippen molar-refractivity contribution in [3.63, 3.8) is 0 Å². The fourth-order valence-corrected chi connectivity index (χ4v) is 2.59. The first-order valence-corrected chi connectivity index (χ1v) is 8.44. The Bertz CT molecular complexity index is 906. The van der Waals surface area contributed by atoms with Crippen molar-refractivity contribution < 1.29 is 14.0 Å². The van der Waals surface area contributed by atoms with Gasteiger partial charge in [-0.15, -0.1) is 0 Å². The van der Waals surface area contributed by atoms with Crippen LogP contribution in [0.25, 0.3) is 5.69 Å². The van der Waals surface area contributed by atoms with E-state index in [-0.39, 0.29) is 18.5 Å². The number of halogens is 1. The molecule has 138 valence electrons. The van der Waals surface area contributed by atoms with Crippen molar-refractivity contribution in [3.05, 3.63) is 84.2 Å². The van der Waals surface area contributed by atoms with Gasteiger partial charge in [0.25, 0.3) is 5.91 Å². The van der Waals surface area contributed by atoms with Crippen molar-refractivity contribution in [2.45, 2.75) is 13.0 Å². The molecule has 0 saturated carbocycles. The Morgan fingerprint density at radius 3 is 2.44 bits per heavy atom. The van der Waals surface area contributed by atoms with Gasteiger partial charge in [0.05, 0.1) is 18.9 Å². The second-order valence-corrected chi connectivity index (χ2v) is 6.04. The first-order valence-electron chi connectivity index (χ1n) is 8.44. The van der Waals surface area contributed by atoms with Gasteiger partial charge < -0.3 is 15.2 Å². The summed E-state index contributed by atoms with van der Waals surface area (Å²) in [6.45, 7) is 1.71. The maximum absolute atomic E-state index is 12.9. The number of hydrogen-bond donors (Lipinski definition) is 2. The van der Waals surface area contributed by atoms with Crippen molar-refractivity contribution in [2.75, 3.05) is 6.54 Å². The summed E-state index contributed by atoms with van der Waals surface area (Å²) in [5.74, 6) is -1.16. The lowest BCUT2D eigenvalue weighted by atomic mass is 10.1. The van der Waals surface area contributed by atoms with Crippen LogP contribution in [0, 0.1) is 5.82 Å². The molecule has 1 atom stereocenters. The lowest BCUT2D eigenvalue weighted by molar-refractivity contribution is -0.120. The predicted molar refractivity (Wildman–Crippen MR) is 98.9 cm³/mol. The molecule has 0 aliphatic rings. The number of nitrogens with zero attached hydrogens (tertiary/aromatic N) is 2. The maximum Gasteiger partial charge on any atom is 0.251 e. The first kappa shape index (κ1) is 18.3. The molecule has 1 heterocycles. The second-order valence-electron chi connectivity index (χ2n) is 6.04. The summed E-state index contributed by atoms with van der Waals surface area (Å²) in [5.41, 5.74) is 2.21. The SMILES string of the molecule is C[C@H](NC(=O)CNC(=O)c1ccc(F)cc1)c1ccc(-n2ccnc2)cc1. The summed E-state index contributed by atoms with van der Waals surface area (Å²) in [7, 11) is 0. The Hall–Kier alpha value is -3.48. The first-order chi connectivity index (χ1) is 13.0. The molecule has 0 spiro atoms. The smallest absolute Gasteiger partial charge is 0.251 e. The predicted octanol–water partition coefficient (Wildman–Crippen LogP) is 2.62. The fourth-order valence-electron chi connectivity index (χ4n) is 2.59. The Morgan fingerprint density at radius 1 is 1.11 bits per heavy atom. The topological polar surface area (TPSA) is 76.0 Å². The molecule has 0 saturated heterocycles. The number of benzene rings is 2. The molecule has 7 heteroatoms. The van der Waals surface area contributed by atoms with Gasteiger partial charge in [0.1, 0.15) is 5.82 Å². The van der Waals surface area contributed by atoms with Gasteiger partial charge in [0.2, 0.25) is 5.91 Å². The van der Waals surface area contributed by atoms with Crippen molar-refractivity contribution in [1.29, 1.82) is 0 Å². The van der Waals surface area contributed by atoms with Crippen LogP contribution < -0.4 is 10.6 Å². The molecule has 27 heavy (non-hydrogen) atoms. The van der Waals surface area contributed by atoms with E-state index in [1.54, 1.807) is 12.5 Å². The normalized spacial score (nSPS) is 11.6. The molecule has 0 aliphatic carbocycles. The van der Waals surface area contributed by atoms with E-state index >= 15 is 0 Å². The molecule has 0 aliphatic heterocycles. The monoisotopic (exact) mass is 366 g/mol. The summed E-state index contributed by atoms with van der Waals surface area (Å²) in [5, 5.41) is 5.35. The van der Waals surface area contributed by atoms with Crippen LogP contribution in [-0.4, -0.2) is 27.9 Å². The van der Waals surface area contributed by atoms with E-state index < -0.39 is 11.7 Å². The number of rotatable bonds is 6. The van der Waals surface area contributed by atoms with Crippen molar-refractivity contribution in [3.8, 4) is 5.69 Å². The third-order valence-corrected chi connectivity index (χ3v) is 4.09. The van der Waals surface area contributed by atoms with Gasteiger partial charge in [-0.05, 0) is 48.9 Å². The summed E-state index contributed by atoms with van der Waals surface area (Å²) in [4.78, 5) is 28.0. The minimum Gasteiger partial charge on any atom is -0.348 e. The highest BCUT2D eigenvalue weighted by Crippen LogP contribution is 2.15. The van der Waals surface area contributed by atoms with Gasteiger partial charge >= 0.3 is 0 Å². The Labute approximate surface area is 156 Å². The van der Waals surface area contributed by atoms with Crippen LogP contribution in [0.15, 0.2) is 67.3 Å². The molecule has 1 aromatic heterocycles. The lowest BCUT2D eigenvalue weighted by Crippen LogP contribution is -2.38. The summed E-state index contributed by atoms with van der Waals surface area (Å²) < 4.78 is 14.8. The number of imidazole rings is 1.